The summed E-state index contributed by atoms with van der Waals surface area (Å²) < 4.78 is 7.40. The van der Waals surface area contributed by atoms with Crippen LogP contribution in [-0.2, 0) is 19.4 Å². The Bertz CT molecular complexity index is 708. The second kappa shape index (κ2) is 6.88. The predicted molar refractivity (Wildman–Crippen MR) is 92.2 cm³/mol. The molecule has 1 aliphatic carbocycles. The van der Waals surface area contributed by atoms with Gasteiger partial charge in [-0.05, 0) is 45.2 Å². The molecule has 7 heteroatoms. The van der Waals surface area contributed by atoms with Gasteiger partial charge in [-0.3, -0.25) is 4.68 Å². The monoisotopic (exact) mass is 345 g/mol. The molecule has 1 N–H and O–H groups in total. The maximum Gasteiger partial charge on any atom is 0.229 e. The van der Waals surface area contributed by atoms with Gasteiger partial charge in [-0.1, -0.05) is 5.16 Å². The second-order valence-corrected chi connectivity index (χ2v) is 7.49. The molecule has 136 valence electrons. The molecule has 0 radical (unpaired) electrons. The van der Waals surface area contributed by atoms with Gasteiger partial charge >= 0.3 is 0 Å². The molecule has 1 saturated carbocycles. The van der Waals surface area contributed by atoms with Gasteiger partial charge in [-0.25, -0.2) is 0 Å². The highest BCUT2D eigenvalue weighted by atomic mass is 16.5. The minimum Gasteiger partial charge on any atom is -0.388 e. The molecule has 7 nitrogen and oxygen atoms in total. The summed E-state index contributed by atoms with van der Waals surface area (Å²) in [7, 11) is 0. The van der Waals surface area contributed by atoms with Crippen molar-refractivity contribution >= 4 is 0 Å². The SMILES string of the molecule is CCn1nccc1CCN1CCCC(O)(Cc2nc(C3CC3)no2)C1. The lowest BCUT2D eigenvalue weighted by atomic mass is 9.89. The molecule has 0 bridgehead atoms. The topological polar surface area (TPSA) is 80.2 Å². The molecule has 0 amide bonds. The maximum absolute atomic E-state index is 11.0. The Morgan fingerprint density at radius 3 is 3.08 bits per heavy atom. The van der Waals surface area contributed by atoms with E-state index in [1.54, 1.807) is 0 Å². The highest BCUT2D eigenvalue weighted by Gasteiger charge is 2.36. The average molecular weight is 345 g/mol. The van der Waals surface area contributed by atoms with E-state index in [4.69, 9.17) is 4.52 Å². The van der Waals surface area contributed by atoms with Gasteiger partial charge in [0.15, 0.2) is 5.82 Å². The predicted octanol–water partition coefficient (Wildman–Crippen LogP) is 1.78. The van der Waals surface area contributed by atoms with Crippen LogP contribution >= 0.6 is 0 Å². The number of likely N-dealkylation sites (tertiary alicyclic amines) is 1. The molecule has 25 heavy (non-hydrogen) atoms. The molecule has 2 fully saturated rings. The first-order valence-corrected chi connectivity index (χ1v) is 9.43. The van der Waals surface area contributed by atoms with Crippen molar-refractivity contribution in [3.8, 4) is 0 Å². The molecule has 4 rings (SSSR count). The van der Waals surface area contributed by atoms with Gasteiger partial charge in [0.25, 0.3) is 0 Å². The average Bonchev–Trinajstić information content (AvgIpc) is 3.17. The van der Waals surface area contributed by atoms with Gasteiger partial charge in [-0.15, -0.1) is 0 Å². The van der Waals surface area contributed by atoms with E-state index in [2.05, 4.69) is 33.1 Å². The van der Waals surface area contributed by atoms with E-state index < -0.39 is 5.60 Å². The summed E-state index contributed by atoms with van der Waals surface area (Å²) in [6.45, 7) is 5.63. The van der Waals surface area contributed by atoms with Crippen LogP contribution in [0.4, 0.5) is 0 Å². The van der Waals surface area contributed by atoms with Crippen molar-refractivity contribution in [2.45, 2.75) is 63.5 Å². The van der Waals surface area contributed by atoms with Crippen molar-refractivity contribution in [1.29, 1.82) is 0 Å². The molecule has 2 aromatic rings. The van der Waals surface area contributed by atoms with Crippen molar-refractivity contribution in [2.24, 2.45) is 0 Å². The van der Waals surface area contributed by atoms with Gasteiger partial charge < -0.3 is 14.5 Å². The lowest BCUT2D eigenvalue weighted by molar-refractivity contribution is -0.0346. The lowest BCUT2D eigenvalue weighted by Gasteiger charge is -2.38. The Labute approximate surface area is 148 Å². The standard InChI is InChI=1S/C18H27N5O2/c1-2-23-15(6-9-19-23)7-11-22-10-3-8-18(24,13-22)12-16-20-17(21-25-16)14-4-5-14/h6,9,14,24H,2-5,7-8,10-13H2,1H3. The van der Waals surface area contributed by atoms with E-state index in [1.807, 2.05) is 10.9 Å². The maximum atomic E-state index is 11.0. The first-order valence-electron chi connectivity index (χ1n) is 9.43. The molecule has 2 aliphatic rings. The molecule has 3 heterocycles. The minimum absolute atomic E-state index is 0.454. The summed E-state index contributed by atoms with van der Waals surface area (Å²) in [5.41, 5.74) is 0.485. The summed E-state index contributed by atoms with van der Waals surface area (Å²) in [5, 5.41) is 19.4. The van der Waals surface area contributed by atoms with Crippen molar-refractivity contribution in [2.75, 3.05) is 19.6 Å². The quantitative estimate of drug-likeness (QED) is 0.824. The summed E-state index contributed by atoms with van der Waals surface area (Å²) in [6, 6.07) is 2.08. The fraction of sp³-hybridized carbons (Fsp3) is 0.722. The van der Waals surface area contributed by atoms with Crippen LogP contribution in [0, 0.1) is 0 Å². The van der Waals surface area contributed by atoms with Crippen LogP contribution in [-0.4, -0.2) is 55.2 Å². The fourth-order valence-electron chi connectivity index (χ4n) is 3.80. The number of hydrogen-bond donors (Lipinski definition) is 1. The van der Waals surface area contributed by atoms with E-state index in [-0.39, 0.29) is 0 Å². The summed E-state index contributed by atoms with van der Waals surface area (Å²) in [5.74, 6) is 1.88. The molecular formula is C18H27N5O2. The Morgan fingerprint density at radius 2 is 2.28 bits per heavy atom. The van der Waals surface area contributed by atoms with Crippen LogP contribution in [0.3, 0.4) is 0 Å². The third-order valence-corrected chi connectivity index (χ3v) is 5.33. The Hall–Kier alpha value is -1.73. The second-order valence-electron chi connectivity index (χ2n) is 7.49. The van der Waals surface area contributed by atoms with Gasteiger partial charge in [0.1, 0.15) is 0 Å². The normalized spacial score (nSPS) is 24.7. The third kappa shape index (κ3) is 3.93. The smallest absolute Gasteiger partial charge is 0.229 e. The van der Waals surface area contributed by atoms with Crippen LogP contribution < -0.4 is 0 Å². The Balaban J connectivity index is 1.34. The fourth-order valence-corrected chi connectivity index (χ4v) is 3.80. The van der Waals surface area contributed by atoms with E-state index in [9.17, 15) is 5.11 Å². The highest BCUT2D eigenvalue weighted by Crippen LogP contribution is 2.38. The van der Waals surface area contributed by atoms with Gasteiger partial charge in [0, 0.05) is 43.9 Å². The zero-order valence-electron chi connectivity index (χ0n) is 14.9. The van der Waals surface area contributed by atoms with Crippen LogP contribution in [0.2, 0.25) is 0 Å². The van der Waals surface area contributed by atoms with Crippen molar-refractivity contribution in [1.82, 2.24) is 24.8 Å². The number of aliphatic hydroxyl groups is 1. The number of β-amino-alcohol motifs (C(OH)–C–C–N with tert-alkyl or cyclic N) is 1. The number of piperidine rings is 1. The zero-order valence-corrected chi connectivity index (χ0v) is 14.9. The Morgan fingerprint density at radius 1 is 1.40 bits per heavy atom. The summed E-state index contributed by atoms with van der Waals surface area (Å²) in [6.07, 6.45) is 7.37. The van der Waals surface area contributed by atoms with E-state index in [0.717, 1.165) is 57.6 Å². The third-order valence-electron chi connectivity index (χ3n) is 5.33. The van der Waals surface area contributed by atoms with Gasteiger partial charge in [0.05, 0.1) is 12.0 Å². The molecule has 0 aromatic carbocycles. The number of rotatable bonds is 7. The largest absolute Gasteiger partial charge is 0.388 e. The van der Waals surface area contributed by atoms with E-state index in [1.165, 1.54) is 5.69 Å². The summed E-state index contributed by atoms with van der Waals surface area (Å²) >= 11 is 0. The highest BCUT2D eigenvalue weighted by molar-refractivity contribution is 5.05. The van der Waals surface area contributed by atoms with Crippen LogP contribution in [0.5, 0.6) is 0 Å². The molecule has 2 aromatic heterocycles. The Kier molecular flexibility index (Phi) is 4.60. The molecule has 1 atom stereocenters. The van der Waals surface area contributed by atoms with Gasteiger partial charge in [-0.2, -0.15) is 10.1 Å². The first kappa shape index (κ1) is 16.7. The van der Waals surface area contributed by atoms with Gasteiger partial charge in [0.2, 0.25) is 5.89 Å². The number of aryl methyl sites for hydroxylation is 1. The van der Waals surface area contributed by atoms with Crippen molar-refractivity contribution < 1.29 is 9.63 Å². The van der Waals surface area contributed by atoms with Crippen LogP contribution in [0.15, 0.2) is 16.8 Å². The van der Waals surface area contributed by atoms with Crippen LogP contribution in [0.25, 0.3) is 0 Å². The zero-order chi connectivity index (χ0) is 17.3. The van der Waals surface area contributed by atoms with Crippen molar-refractivity contribution in [3.05, 3.63) is 29.7 Å². The molecular weight excluding hydrogens is 318 g/mol. The van der Waals surface area contributed by atoms with E-state index in [0.29, 0.717) is 24.8 Å². The minimum atomic E-state index is -0.767. The number of nitrogens with zero attached hydrogens (tertiary/aromatic N) is 5. The molecule has 1 saturated heterocycles. The molecule has 1 aliphatic heterocycles. The lowest BCUT2D eigenvalue weighted by Crippen LogP contribution is -2.50. The first-order chi connectivity index (χ1) is 12.1. The van der Waals surface area contributed by atoms with Crippen LogP contribution in [0.1, 0.15) is 55.9 Å². The number of hydrogen-bond acceptors (Lipinski definition) is 6. The summed E-state index contributed by atoms with van der Waals surface area (Å²) in [4.78, 5) is 6.82. The molecule has 0 spiro atoms. The number of aromatic nitrogens is 4. The van der Waals surface area contributed by atoms with Crippen molar-refractivity contribution in [3.63, 3.8) is 0 Å². The molecule has 1 unspecified atom stereocenters. The van der Waals surface area contributed by atoms with E-state index >= 15 is 0 Å².